The maximum Gasteiger partial charge on any atom is 0.266 e. The van der Waals surface area contributed by atoms with E-state index in [2.05, 4.69) is 20.5 Å². The molecule has 1 amide bonds. The van der Waals surface area contributed by atoms with Crippen molar-refractivity contribution < 1.29 is 13.9 Å². The van der Waals surface area contributed by atoms with Gasteiger partial charge in [0, 0.05) is 39.3 Å². The van der Waals surface area contributed by atoms with Gasteiger partial charge in [0.25, 0.3) is 5.89 Å². The molecule has 2 aromatic heterocycles. The Morgan fingerprint density at radius 2 is 2.29 bits per heavy atom. The van der Waals surface area contributed by atoms with Crippen LogP contribution in [0.15, 0.2) is 28.8 Å². The first-order valence-electron chi connectivity index (χ1n) is 6.79. The minimum atomic E-state index is -0.0383. The van der Waals surface area contributed by atoms with Gasteiger partial charge in [-0.2, -0.15) is 0 Å². The van der Waals surface area contributed by atoms with Crippen molar-refractivity contribution in [3.05, 3.63) is 30.3 Å². The molecule has 0 saturated heterocycles. The lowest BCUT2D eigenvalue weighted by Gasteiger charge is -2.03. The van der Waals surface area contributed by atoms with Gasteiger partial charge in [0.2, 0.25) is 11.8 Å². The quantitative estimate of drug-likeness (QED) is 0.735. The van der Waals surface area contributed by atoms with Gasteiger partial charge in [-0.05, 0) is 18.6 Å². The Morgan fingerprint density at radius 1 is 1.38 bits per heavy atom. The van der Waals surface area contributed by atoms with E-state index in [-0.39, 0.29) is 5.91 Å². The van der Waals surface area contributed by atoms with Crippen LogP contribution in [0, 0.1) is 0 Å². The Morgan fingerprint density at radius 3 is 3.05 bits per heavy atom. The van der Waals surface area contributed by atoms with Crippen LogP contribution in [0.5, 0.6) is 0 Å². The van der Waals surface area contributed by atoms with Crippen LogP contribution >= 0.6 is 0 Å². The monoisotopic (exact) mass is 290 g/mol. The van der Waals surface area contributed by atoms with Crippen LogP contribution in [0.25, 0.3) is 11.6 Å². The van der Waals surface area contributed by atoms with E-state index >= 15 is 0 Å². The van der Waals surface area contributed by atoms with Crippen LogP contribution in [-0.2, 0) is 16.0 Å². The standard InChI is InChI=1S/C14H18N4O3/c1-20-10-4-9-16-12(19)6-7-13-17-18-14(21-13)11-5-2-3-8-15-11/h2-3,5,8H,4,6-7,9-10H2,1H3,(H,16,19). The summed E-state index contributed by atoms with van der Waals surface area (Å²) in [5, 5.41) is 10.6. The second kappa shape index (κ2) is 8.11. The maximum atomic E-state index is 11.6. The van der Waals surface area contributed by atoms with E-state index in [4.69, 9.17) is 9.15 Å². The smallest absolute Gasteiger partial charge is 0.266 e. The summed E-state index contributed by atoms with van der Waals surface area (Å²) in [6, 6.07) is 5.45. The molecule has 0 aromatic carbocycles. The predicted octanol–water partition coefficient (Wildman–Crippen LogP) is 1.22. The molecular formula is C14H18N4O3. The summed E-state index contributed by atoms with van der Waals surface area (Å²) in [7, 11) is 1.64. The molecule has 0 bridgehead atoms. The fourth-order valence-electron chi connectivity index (χ4n) is 1.70. The lowest BCUT2D eigenvalue weighted by atomic mass is 10.3. The third-order valence-electron chi connectivity index (χ3n) is 2.76. The Balaban J connectivity index is 1.77. The fraction of sp³-hybridized carbons (Fsp3) is 0.429. The lowest BCUT2D eigenvalue weighted by molar-refractivity contribution is -0.121. The van der Waals surface area contributed by atoms with E-state index in [9.17, 15) is 4.79 Å². The highest BCUT2D eigenvalue weighted by Crippen LogP contribution is 2.14. The van der Waals surface area contributed by atoms with Crippen molar-refractivity contribution in [3.63, 3.8) is 0 Å². The topological polar surface area (TPSA) is 90.1 Å². The number of hydrogen-bond acceptors (Lipinski definition) is 6. The van der Waals surface area contributed by atoms with Crippen molar-refractivity contribution in [1.82, 2.24) is 20.5 Å². The number of rotatable bonds is 8. The Bertz CT molecular complexity index is 556. The van der Waals surface area contributed by atoms with E-state index in [1.54, 1.807) is 19.4 Å². The molecule has 0 fully saturated rings. The maximum absolute atomic E-state index is 11.6. The van der Waals surface area contributed by atoms with Crippen molar-refractivity contribution in [3.8, 4) is 11.6 Å². The highest BCUT2D eigenvalue weighted by Gasteiger charge is 2.10. The summed E-state index contributed by atoms with van der Waals surface area (Å²) < 4.78 is 10.4. The van der Waals surface area contributed by atoms with Crippen LogP contribution in [0.1, 0.15) is 18.7 Å². The van der Waals surface area contributed by atoms with Gasteiger partial charge in [0.05, 0.1) is 0 Å². The average molecular weight is 290 g/mol. The first-order valence-corrected chi connectivity index (χ1v) is 6.79. The minimum absolute atomic E-state index is 0.0383. The van der Waals surface area contributed by atoms with Crippen LogP contribution in [0.2, 0.25) is 0 Å². The number of pyridine rings is 1. The van der Waals surface area contributed by atoms with Crippen LogP contribution in [0.3, 0.4) is 0 Å². The van der Waals surface area contributed by atoms with Crippen LogP contribution in [0.4, 0.5) is 0 Å². The number of nitrogens with zero attached hydrogens (tertiary/aromatic N) is 3. The molecule has 0 aliphatic carbocycles. The zero-order valence-electron chi connectivity index (χ0n) is 11.9. The molecule has 0 spiro atoms. The van der Waals surface area contributed by atoms with Gasteiger partial charge in [-0.1, -0.05) is 6.07 Å². The molecule has 0 aliphatic rings. The molecule has 2 rings (SSSR count). The lowest BCUT2D eigenvalue weighted by Crippen LogP contribution is -2.25. The largest absolute Gasteiger partial charge is 0.419 e. The molecule has 0 atom stereocenters. The Labute approximate surface area is 122 Å². The molecule has 2 aromatic rings. The van der Waals surface area contributed by atoms with Crippen LogP contribution < -0.4 is 5.32 Å². The molecule has 112 valence electrons. The van der Waals surface area contributed by atoms with Crippen LogP contribution in [-0.4, -0.2) is 41.3 Å². The number of methoxy groups -OCH3 is 1. The second-order valence-corrected chi connectivity index (χ2v) is 4.41. The van der Waals surface area contributed by atoms with Gasteiger partial charge in [-0.15, -0.1) is 10.2 Å². The first kappa shape index (κ1) is 15.1. The number of ether oxygens (including phenoxy) is 1. The number of carbonyl (C=O) groups excluding carboxylic acids is 1. The number of nitrogens with one attached hydrogen (secondary N) is 1. The van der Waals surface area contributed by atoms with E-state index < -0.39 is 0 Å². The zero-order valence-corrected chi connectivity index (χ0v) is 11.9. The van der Waals surface area contributed by atoms with Crippen molar-refractivity contribution in [2.24, 2.45) is 0 Å². The normalized spacial score (nSPS) is 10.5. The number of aromatic nitrogens is 3. The molecular weight excluding hydrogens is 272 g/mol. The third kappa shape index (κ3) is 4.96. The van der Waals surface area contributed by atoms with E-state index in [1.807, 2.05) is 12.1 Å². The molecule has 0 aliphatic heterocycles. The van der Waals surface area contributed by atoms with Crippen molar-refractivity contribution >= 4 is 5.91 Å². The molecule has 2 heterocycles. The third-order valence-corrected chi connectivity index (χ3v) is 2.76. The number of aryl methyl sites for hydroxylation is 1. The highest BCUT2D eigenvalue weighted by atomic mass is 16.5. The first-order chi connectivity index (χ1) is 10.3. The summed E-state index contributed by atoms with van der Waals surface area (Å²) >= 11 is 0. The number of amides is 1. The van der Waals surface area contributed by atoms with Crippen molar-refractivity contribution in [2.45, 2.75) is 19.3 Å². The van der Waals surface area contributed by atoms with Crippen molar-refractivity contribution in [2.75, 3.05) is 20.3 Å². The number of carbonyl (C=O) groups is 1. The Kier molecular flexibility index (Phi) is 5.83. The van der Waals surface area contributed by atoms with Crippen molar-refractivity contribution in [1.29, 1.82) is 0 Å². The van der Waals surface area contributed by atoms with Gasteiger partial charge in [0.15, 0.2) is 0 Å². The van der Waals surface area contributed by atoms with Gasteiger partial charge in [0.1, 0.15) is 5.69 Å². The van der Waals surface area contributed by atoms with Gasteiger partial charge >= 0.3 is 0 Å². The molecule has 0 radical (unpaired) electrons. The molecule has 1 N–H and O–H groups in total. The summed E-state index contributed by atoms with van der Waals surface area (Å²) in [6.45, 7) is 1.24. The second-order valence-electron chi connectivity index (χ2n) is 4.41. The van der Waals surface area contributed by atoms with E-state index in [1.165, 1.54) is 0 Å². The Hall–Kier alpha value is -2.28. The molecule has 7 nitrogen and oxygen atoms in total. The summed E-state index contributed by atoms with van der Waals surface area (Å²) in [5.74, 6) is 0.762. The van der Waals surface area contributed by atoms with Gasteiger partial charge in [-0.3, -0.25) is 9.78 Å². The average Bonchev–Trinajstić information content (AvgIpc) is 2.99. The highest BCUT2D eigenvalue weighted by molar-refractivity contribution is 5.75. The summed E-state index contributed by atoms with van der Waals surface area (Å²) in [4.78, 5) is 15.7. The fourth-order valence-corrected chi connectivity index (χ4v) is 1.70. The summed E-state index contributed by atoms with van der Waals surface area (Å²) in [6.07, 6.45) is 3.19. The predicted molar refractivity (Wildman–Crippen MR) is 75.4 cm³/mol. The molecule has 0 saturated carbocycles. The van der Waals surface area contributed by atoms with E-state index in [0.29, 0.717) is 43.5 Å². The van der Waals surface area contributed by atoms with Gasteiger partial charge in [-0.25, -0.2) is 0 Å². The SMILES string of the molecule is COCCCNC(=O)CCc1nnc(-c2ccccn2)o1. The number of hydrogen-bond donors (Lipinski definition) is 1. The summed E-state index contributed by atoms with van der Waals surface area (Å²) in [5.41, 5.74) is 0.625. The minimum Gasteiger partial charge on any atom is -0.419 e. The molecule has 21 heavy (non-hydrogen) atoms. The zero-order chi connectivity index (χ0) is 14.9. The molecule has 7 heteroatoms. The van der Waals surface area contributed by atoms with Gasteiger partial charge < -0.3 is 14.5 Å². The van der Waals surface area contributed by atoms with E-state index in [0.717, 1.165) is 6.42 Å². The molecule has 0 unspecified atom stereocenters.